The van der Waals surface area contributed by atoms with Gasteiger partial charge in [0.2, 0.25) is 5.76 Å². The first-order valence-electron chi connectivity index (χ1n) is 7.21. The van der Waals surface area contributed by atoms with Crippen LogP contribution in [-0.4, -0.2) is 14.7 Å². The summed E-state index contributed by atoms with van der Waals surface area (Å²) in [5, 5.41) is 5.63. The van der Waals surface area contributed by atoms with E-state index in [1.807, 2.05) is 53.2 Å². The number of furan rings is 1. The van der Waals surface area contributed by atoms with Crippen LogP contribution in [0.25, 0.3) is 17.2 Å². The van der Waals surface area contributed by atoms with Crippen molar-refractivity contribution in [2.45, 2.75) is 10.9 Å². The molecule has 5 nitrogen and oxygen atoms in total. The van der Waals surface area contributed by atoms with E-state index in [0.29, 0.717) is 22.3 Å². The van der Waals surface area contributed by atoms with Crippen molar-refractivity contribution in [3.63, 3.8) is 0 Å². The van der Waals surface area contributed by atoms with Crippen molar-refractivity contribution in [2.24, 2.45) is 0 Å². The lowest BCUT2D eigenvalue weighted by Crippen LogP contribution is -1.95. The van der Waals surface area contributed by atoms with Crippen molar-refractivity contribution in [1.82, 2.24) is 14.7 Å². The maximum atomic E-state index is 6.07. The molecule has 0 N–H and O–H groups in total. The molecule has 4 aromatic rings. The van der Waals surface area contributed by atoms with E-state index in [1.54, 1.807) is 24.2 Å². The number of hydrogen-bond acceptors (Lipinski definition) is 5. The van der Waals surface area contributed by atoms with E-state index in [9.17, 15) is 0 Å². The van der Waals surface area contributed by atoms with Gasteiger partial charge in [-0.1, -0.05) is 34.6 Å². The summed E-state index contributed by atoms with van der Waals surface area (Å²) in [6.45, 7) is 0. The topological polar surface area (TPSA) is 57.0 Å². The Hall–Kier alpha value is -2.44. The monoisotopic (exact) mass is 357 g/mol. The molecule has 0 spiro atoms. The second-order valence-electron chi connectivity index (χ2n) is 5.01. The zero-order chi connectivity index (χ0) is 16.4. The van der Waals surface area contributed by atoms with Crippen LogP contribution >= 0.6 is 23.4 Å². The number of hydrogen-bond donors (Lipinski definition) is 0. The summed E-state index contributed by atoms with van der Waals surface area (Å²) >= 11 is 7.64. The van der Waals surface area contributed by atoms with E-state index < -0.39 is 0 Å². The van der Waals surface area contributed by atoms with Crippen molar-refractivity contribution in [3.05, 3.63) is 71.8 Å². The van der Waals surface area contributed by atoms with E-state index in [2.05, 4.69) is 10.1 Å². The molecule has 4 rings (SSSR count). The highest BCUT2D eigenvalue weighted by molar-refractivity contribution is 7.98. The lowest BCUT2D eigenvalue weighted by atomic mass is 10.3. The highest BCUT2D eigenvalue weighted by atomic mass is 35.5. The zero-order valence-electron chi connectivity index (χ0n) is 12.4. The van der Waals surface area contributed by atoms with E-state index in [4.69, 9.17) is 20.5 Å². The highest BCUT2D eigenvalue weighted by Gasteiger charge is 2.11. The fourth-order valence-electron chi connectivity index (χ4n) is 2.27. The van der Waals surface area contributed by atoms with Gasteiger partial charge in [-0.15, -0.1) is 0 Å². The molecule has 0 saturated carbocycles. The Morgan fingerprint density at radius 1 is 1.12 bits per heavy atom. The molecule has 0 amide bonds. The first-order chi connectivity index (χ1) is 11.8. The summed E-state index contributed by atoms with van der Waals surface area (Å²) in [5.74, 6) is 1.93. The van der Waals surface area contributed by atoms with Gasteiger partial charge in [0.15, 0.2) is 10.9 Å². The van der Waals surface area contributed by atoms with Crippen molar-refractivity contribution < 1.29 is 8.94 Å². The lowest BCUT2D eigenvalue weighted by molar-refractivity contribution is 0.413. The number of thioether (sulfide) groups is 1. The van der Waals surface area contributed by atoms with Gasteiger partial charge in [0.25, 0.3) is 0 Å². The van der Waals surface area contributed by atoms with Crippen LogP contribution in [0, 0.1) is 0 Å². The molecular formula is C17H12ClN3O2S. The Labute approximate surface area is 147 Å². The molecule has 0 aliphatic carbocycles. The van der Waals surface area contributed by atoms with Gasteiger partial charge in [-0.3, -0.25) is 4.57 Å². The van der Waals surface area contributed by atoms with Gasteiger partial charge in [-0.05, 0) is 30.3 Å². The summed E-state index contributed by atoms with van der Waals surface area (Å²) in [4.78, 5) is 4.40. The highest BCUT2D eigenvalue weighted by Crippen LogP contribution is 2.27. The third kappa shape index (κ3) is 3.11. The smallest absolute Gasteiger partial charge is 0.202 e. The predicted octanol–water partition coefficient (Wildman–Crippen LogP) is 5.07. The van der Waals surface area contributed by atoms with Gasteiger partial charge in [-0.25, -0.2) is 4.98 Å². The minimum absolute atomic E-state index is 0.619. The van der Waals surface area contributed by atoms with Crippen LogP contribution in [0.15, 0.2) is 75.2 Å². The van der Waals surface area contributed by atoms with Crippen molar-refractivity contribution >= 4 is 23.4 Å². The summed E-state index contributed by atoms with van der Waals surface area (Å²) < 4.78 is 12.6. The Kier molecular flexibility index (Phi) is 4.15. The SMILES string of the molecule is Clc1cccc(-n2ccnc2SCc2cc(-c3ccco3)on2)c1. The van der Waals surface area contributed by atoms with Gasteiger partial charge in [0.1, 0.15) is 0 Å². The van der Waals surface area contributed by atoms with Crippen molar-refractivity contribution in [3.8, 4) is 17.2 Å². The van der Waals surface area contributed by atoms with Gasteiger partial charge in [0, 0.05) is 34.9 Å². The molecule has 0 aliphatic heterocycles. The van der Waals surface area contributed by atoms with Crippen LogP contribution in [0.3, 0.4) is 0 Å². The molecule has 0 saturated heterocycles. The summed E-state index contributed by atoms with van der Waals surface area (Å²) in [7, 11) is 0. The molecule has 0 unspecified atom stereocenters. The number of rotatable bonds is 5. The van der Waals surface area contributed by atoms with Crippen LogP contribution in [0.1, 0.15) is 5.69 Å². The maximum Gasteiger partial charge on any atom is 0.202 e. The molecule has 7 heteroatoms. The number of aromatic nitrogens is 3. The van der Waals surface area contributed by atoms with E-state index in [1.165, 1.54) is 0 Å². The van der Waals surface area contributed by atoms with Crippen molar-refractivity contribution in [2.75, 3.05) is 0 Å². The maximum absolute atomic E-state index is 6.07. The Balaban J connectivity index is 1.50. The van der Waals surface area contributed by atoms with Gasteiger partial charge >= 0.3 is 0 Å². The average Bonchev–Trinajstić information content (AvgIpc) is 3.33. The van der Waals surface area contributed by atoms with Crippen LogP contribution in [0.2, 0.25) is 5.02 Å². The molecule has 0 bridgehead atoms. The molecule has 0 fully saturated rings. The summed E-state index contributed by atoms with van der Waals surface area (Å²) in [6, 6.07) is 13.2. The minimum atomic E-state index is 0.619. The average molecular weight is 358 g/mol. The second kappa shape index (κ2) is 6.59. The third-order valence-electron chi connectivity index (χ3n) is 3.37. The van der Waals surface area contributed by atoms with Crippen LogP contribution < -0.4 is 0 Å². The number of benzene rings is 1. The molecule has 0 aliphatic rings. The lowest BCUT2D eigenvalue weighted by Gasteiger charge is -2.06. The van der Waals surface area contributed by atoms with Gasteiger partial charge in [0.05, 0.1) is 12.0 Å². The molecular weight excluding hydrogens is 346 g/mol. The quantitative estimate of drug-likeness (QED) is 0.467. The molecule has 3 heterocycles. The Bertz CT molecular complexity index is 946. The Morgan fingerprint density at radius 3 is 2.92 bits per heavy atom. The molecule has 24 heavy (non-hydrogen) atoms. The molecule has 0 atom stereocenters. The van der Waals surface area contributed by atoms with Crippen LogP contribution in [0.5, 0.6) is 0 Å². The molecule has 120 valence electrons. The normalized spacial score (nSPS) is 11.0. The number of nitrogens with zero attached hydrogens (tertiary/aromatic N) is 3. The summed E-state index contributed by atoms with van der Waals surface area (Å²) in [5.41, 5.74) is 1.80. The first-order valence-corrected chi connectivity index (χ1v) is 8.57. The molecule has 3 aromatic heterocycles. The van der Waals surface area contributed by atoms with Crippen LogP contribution in [-0.2, 0) is 5.75 Å². The number of imidazole rings is 1. The first kappa shape index (κ1) is 15.1. The van der Waals surface area contributed by atoms with E-state index in [0.717, 1.165) is 16.5 Å². The summed E-state index contributed by atoms with van der Waals surface area (Å²) in [6.07, 6.45) is 5.28. The largest absolute Gasteiger partial charge is 0.461 e. The zero-order valence-corrected chi connectivity index (χ0v) is 14.0. The fraction of sp³-hybridized carbons (Fsp3) is 0.0588. The fourth-order valence-corrected chi connectivity index (χ4v) is 3.31. The van der Waals surface area contributed by atoms with Gasteiger partial charge < -0.3 is 8.94 Å². The minimum Gasteiger partial charge on any atom is -0.461 e. The van der Waals surface area contributed by atoms with E-state index in [-0.39, 0.29) is 0 Å². The van der Waals surface area contributed by atoms with Crippen molar-refractivity contribution in [1.29, 1.82) is 0 Å². The number of halogens is 1. The van der Waals surface area contributed by atoms with Crippen LogP contribution in [0.4, 0.5) is 0 Å². The van der Waals surface area contributed by atoms with E-state index >= 15 is 0 Å². The predicted molar refractivity (Wildman–Crippen MR) is 92.3 cm³/mol. The third-order valence-corrected chi connectivity index (χ3v) is 4.60. The molecule has 0 radical (unpaired) electrons. The Morgan fingerprint density at radius 2 is 2.08 bits per heavy atom. The molecule has 1 aromatic carbocycles. The standard InChI is InChI=1S/C17H12ClN3O2S/c18-12-3-1-4-14(9-12)21-7-6-19-17(21)24-11-13-10-16(23-20-13)15-5-2-8-22-15/h1-10H,11H2. The second-order valence-corrected chi connectivity index (χ2v) is 6.39. The van der Waals surface area contributed by atoms with Gasteiger partial charge in [-0.2, -0.15) is 0 Å².